The molecule has 5 nitrogen and oxygen atoms in total. The fraction of sp³-hybridized carbons (Fsp3) is 0.111. The molecule has 0 amide bonds. The van der Waals surface area contributed by atoms with Crippen molar-refractivity contribution in [1.82, 2.24) is 14.3 Å². The second-order valence-electron chi connectivity index (χ2n) is 3.00. The lowest BCUT2D eigenvalue weighted by molar-refractivity contribution is 0.190. The Labute approximate surface area is 94.3 Å². The van der Waals surface area contributed by atoms with Crippen LogP contribution in [-0.4, -0.2) is 19.5 Å². The minimum Gasteiger partial charge on any atom is -0.374 e. The van der Waals surface area contributed by atoms with Crippen molar-refractivity contribution in [2.24, 2.45) is 0 Å². The normalized spacial score (nSPS) is 10.7. The van der Waals surface area contributed by atoms with Crippen LogP contribution in [0.2, 0.25) is 5.02 Å². The summed E-state index contributed by atoms with van der Waals surface area (Å²) in [7, 11) is 0. The molecule has 0 aliphatic carbocycles. The molecule has 0 atom stereocenters. The predicted octanol–water partition coefficient (Wildman–Crippen LogP) is 0.776. The lowest BCUT2D eigenvalue weighted by atomic mass is 10.3. The standard InChI is InChI=1S/C9H7ClFN3O2/c10-6-2-1-3-7(8(6)11)13-4-12-14(5-15)9(13)16/h1-4,15H,5H2. The van der Waals surface area contributed by atoms with E-state index in [0.717, 1.165) is 15.6 Å². The second-order valence-corrected chi connectivity index (χ2v) is 3.40. The summed E-state index contributed by atoms with van der Waals surface area (Å²) in [5.74, 6) is -0.705. The minimum atomic E-state index is -0.705. The summed E-state index contributed by atoms with van der Waals surface area (Å²) in [5, 5.41) is 12.3. The van der Waals surface area contributed by atoms with Gasteiger partial charge >= 0.3 is 5.69 Å². The molecule has 0 aliphatic heterocycles. The average Bonchev–Trinajstić information content (AvgIpc) is 2.64. The first-order valence-electron chi connectivity index (χ1n) is 4.35. The Balaban J connectivity index is 2.64. The number of hydrogen-bond acceptors (Lipinski definition) is 3. The van der Waals surface area contributed by atoms with Crippen molar-refractivity contribution in [3.8, 4) is 5.69 Å². The molecule has 1 aromatic heterocycles. The zero-order chi connectivity index (χ0) is 11.7. The molecule has 1 aromatic carbocycles. The van der Waals surface area contributed by atoms with Gasteiger partial charge in [0.1, 0.15) is 13.1 Å². The third-order valence-electron chi connectivity index (χ3n) is 2.06. The van der Waals surface area contributed by atoms with Gasteiger partial charge in [-0.15, -0.1) is 0 Å². The number of rotatable bonds is 2. The molecule has 0 saturated carbocycles. The summed E-state index contributed by atoms with van der Waals surface area (Å²) in [6, 6.07) is 4.29. The molecule has 0 saturated heterocycles. The largest absolute Gasteiger partial charge is 0.374 e. The smallest absolute Gasteiger partial charge is 0.352 e. The van der Waals surface area contributed by atoms with Gasteiger partial charge in [0.15, 0.2) is 5.82 Å². The van der Waals surface area contributed by atoms with E-state index in [9.17, 15) is 9.18 Å². The predicted molar refractivity (Wildman–Crippen MR) is 55.0 cm³/mol. The highest BCUT2D eigenvalue weighted by molar-refractivity contribution is 6.30. The molecule has 0 radical (unpaired) electrons. The topological polar surface area (TPSA) is 60.0 Å². The summed E-state index contributed by atoms with van der Waals surface area (Å²) in [6.07, 6.45) is 1.12. The van der Waals surface area contributed by atoms with Crippen molar-refractivity contribution in [2.45, 2.75) is 6.73 Å². The summed E-state index contributed by atoms with van der Waals surface area (Å²) >= 11 is 5.59. The Morgan fingerprint density at radius 1 is 1.50 bits per heavy atom. The van der Waals surface area contributed by atoms with E-state index in [1.807, 2.05) is 0 Å². The minimum absolute atomic E-state index is 0.00259. The van der Waals surface area contributed by atoms with E-state index in [0.29, 0.717) is 0 Å². The Bertz CT molecular complexity index is 578. The zero-order valence-corrected chi connectivity index (χ0v) is 8.73. The van der Waals surface area contributed by atoms with Gasteiger partial charge in [0.25, 0.3) is 0 Å². The van der Waals surface area contributed by atoms with Crippen LogP contribution in [0.1, 0.15) is 0 Å². The van der Waals surface area contributed by atoms with Crippen LogP contribution in [0.3, 0.4) is 0 Å². The summed E-state index contributed by atoms with van der Waals surface area (Å²) < 4.78 is 15.4. The maximum absolute atomic E-state index is 13.6. The van der Waals surface area contributed by atoms with Crippen LogP contribution >= 0.6 is 11.6 Å². The highest BCUT2D eigenvalue weighted by atomic mass is 35.5. The number of nitrogens with zero attached hydrogens (tertiary/aromatic N) is 3. The van der Waals surface area contributed by atoms with Crippen molar-refractivity contribution in [2.75, 3.05) is 0 Å². The summed E-state index contributed by atoms with van der Waals surface area (Å²) in [6.45, 7) is -0.561. The number of aliphatic hydroxyl groups is 1. The molecule has 16 heavy (non-hydrogen) atoms. The lowest BCUT2D eigenvalue weighted by Gasteiger charge is -2.02. The molecule has 7 heteroatoms. The fourth-order valence-corrected chi connectivity index (χ4v) is 1.45. The average molecular weight is 244 g/mol. The molecule has 1 N–H and O–H groups in total. The Morgan fingerprint density at radius 3 is 2.88 bits per heavy atom. The monoisotopic (exact) mass is 243 g/mol. The van der Waals surface area contributed by atoms with Gasteiger partial charge in [-0.05, 0) is 12.1 Å². The van der Waals surface area contributed by atoms with Gasteiger partial charge in [0.05, 0.1) is 10.7 Å². The number of hydrogen-bond donors (Lipinski definition) is 1. The van der Waals surface area contributed by atoms with Gasteiger partial charge in [-0.25, -0.2) is 13.8 Å². The highest BCUT2D eigenvalue weighted by Crippen LogP contribution is 2.19. The Morgan fingerprint density at radius 2 is 2.25 bits per heavy atom. The molecule has 0 unspecified atom stereocenters. The van der Waals surface area contributed by atoms with Gasteiger partial charge in [-0.3, -0.25) is 0 Å². The van der Waals surface area contributed by atoms with Crippen LogP contribution < -0.4 is 5.69 Å². The summed E-state index contributed by atoms with van der Waals surface area (Å²) in [5.41, 5.74) is -0.638. The van der Waals surface area contributed by atoms with E-state index in [-0.39, 0.29) is 10.7 Å². The molecule has 0 spiro atoms. The third kappa shape index (κ3) is 1.62. The van der Waals surface area contributed by atoms with Crippen LogP contribution in [0.25, 0.3) is 5.69 Å². The molecule has 0 bridgehead atoms. The van der Waals surface area contributed by atoms with Gasteiger partial charge in [-0.1, -0.05) is 17.7 Å². The maximum atomic E-state index is 13.6. The molecular formula is C9H7ClFN3O2. The van der Waals surface area contributed by atoms with Crippen molar-refractivity contribution in [3.05, 3.63) is 45.9 Å². The molecule has 2 rings (SSSR count). The molecule has 0 fully saturated rings. The number of halogens is 2. The van der Waals surface area contributed by atoms with E-state index in [4.69, 9.17) is 16.7 Å². The molecule has 84 valence electrons. The van der Waals surface area contributed by atoms with E-state index in [1.165, 1.54) is 18.2 Å². The summed E-state index contributed by atoms with van der Waals surface area (Å²) in [4.78, 5) is 11.6. The fourth-order valence-electron chi connectivity index (χ4n) is 1.28. The van der Waals surface area contributed by atoms with Crippen molar-refractivity contribution in [1.29, 1.82) is 0 Å². The van der Waals surface area contributed by atoms with Crippen LogP contribution in [0, 0.1) is 5.82 Å². The number of benzene rings is 1. The van der Waals surface area contributed by atoms with E-state index < -0.39 is 18.2 Å². The van der Waals surface area contributed by atoms with Crippen molar-refractivity contribution < 1.29 is 9.50 Å². The number of aromatic nitrogens is 3. The lowest BCUT2D eigenvalue weighted by Crippen LogP contribution is -2.24. The quantitative estimate of drug-likeness (QED) is 0.848. The molecule has 0 aliphatic rings. The molecule has 2 aromatic rings. The van der Waals surface area contributed by atoms with Crippen LogP contribution in [0.5, 0.6) is 0 Å². The van der Waals surface area contributed by atoms with E-state index in [1.54, 1.807) is 0 Å². The Kier molecular flexibility index (Phi) is 2.76. The highest BCUT2D eigenvalue weighted by Gasteiger charge is 2.12. The SMILES string of the molecule is O=c1n(-c2cccc(Cl)c2F)cnn1CO. The van der Waals surface area contributed by atoms with Gasteiger partial charge in [0, 0.05) is 0 Å². The first-order valence-corrected chi connectivity index (χ1v) is 4.72. The van der Waals surface area contributed by atoms with Gasteiger partial charge in [-0.2, -0.15) is 9.78 Å². The van der Waals surface area contributed by atoms with Crippen molar-refractivity contribution in [3.63, 3.8) is 0 Å². The first kappa shape index (κ1) is 10.8. The van der Waals surface area contributed by atoms with Gasteiger partial charge < -0.3 is 5.11 Å². The molecular weight excluding hydrogens is 237 g/mol. The molecule has 1 heterocycles. The zero-order valence-electron chi connectivity index (χ0n) is 7.97. The third-order valence-corrected chi connectivity index (χ3v) is 2.35. The van der Waals surface area contributed by atoms with E-state index >= 15 is 0 Å². The van der Waals surface area contributed by atoms with Crippen molar-refractivity contribution >= 4 is 11.6 Å². The van der Waals surface area contributed by atoms with E-state index in [2.05, 4.69) is 5.10 Å². The number of aliphatic hydroxyl groups excluding tert-OH is 1. The van der Waals surface area contributed by atoms with Gasteiger partial charge in [0.2, 0.25) is 0 Å². The van der Waals surface area contributed by atoms with Crippen LogP contribution in [0.4, 0.5) is 4.39 Å². The van der Waals surface area contributed by atoms with Crippen LogP contribution in [0.15, 0.2) is 29.3 Å². The maximum Gasteiger partial charge on any atom is 0.352 e. The first-order chi connectivity index (χ1) is 7.65. The Hall–Kier alpha value is -1.66. The van der Waals surface area contributed by atoms with Crippen LogP contribution in [-0.2, 0) is 6.73 Å². The second kappa shape index (κ2) is 4.07.